The number of benzene rings is 1. The van der Waals surface area contributed by atoms with Crippen molar-refractivity contribution >= 4 is 28.8 Å². The van der Waals surface area contributed by atoms with E-state index in [9.17, 15) is 4.79 Å². The second-order valence-corrected chi connectivity index (χ2v) is 4.45. The lowest BCUT2D eigenvalue weighted by atomic mass is 10.2. The van der Waals surface area contributed by atoms with E-state index in [4.69, 9.17) is 5.11 Å². The molecule has 0 aliphatic carbocycles. The molecule has 1 aromatic carbocycles. The fourth-order valence-corrected chi connectivity index (χ4v) is 1.91. The van der Waals surface area contributed by atoms with Gasteiger partial charge in [-0.3, -0.25) is 0 Å². The third-order valence-electron chi connectivity index (χ3n) is 2.32. The van der Waals surface area contributed by atoms with Gasteiger partial charge in [-0.05, 0) is 24.5 Å². The molecular formula is C11H12N2O2S. The summed E-state index contributed by atoms with van der Waals surface area (Å²) in [5.74, 6) is 1.00. The van der Waals surface area contributed by atoms with Gasteiger partial charge < -0.3 is 10.1 Å². The topological polar surface area (TPSA) is 66.0 Å². The third-order valence-corrected chi connectivity index (χ3v) is 2.93. The molecule has 0 bridgehead atoms. The van der Waals surface area contributed by atoms with Crippen LogP contribution in [-0.2, 0) is 6.42 Å². The van der Waals surface area contributed by atoms with E-state index in [-0.39, 0.29) is 5.56 Å². The molecule has 0 aliphatic heterocycles. The van der Waals surface area contributed by atoms with Crippen LogP contribution in [0.25, 0.3) is 11.0 Å². The highest BCUT2D eigenvalue weighted by molar-refractivity contribution is 7.98. The summed E-state index contributed by atoms with van der Waals surface area (Å²) in [5.41, 5.74) is 1.89. The van der Waals surface area contributed by atoms with Crippen molar-refractivity contribution in [3.8, 4) is 0 Å². The summed E-state index contributed by atoms with van der Waals surface area (Å²) in [6.45, 7) is 0. The molecule has 0 saturated carbocycles. The van der Waals surface area contributed by atoms with Gasteiger partial charge in [0.15, 0.2) is 0 Å². The molecule has 0 atom stereocenters. The SMILES string of the molecule is CSCCc1nc2ccc(C(=O)O)cc2[nH]1. The number of hydrogen-bond acceptors (Lipinski definition) is 3. The van der Waals surface area contributed by atoms with Crippen molar-refractivity contribution in [1.29, 1.82) is 0 Å². The van der Waals surface area contributed by atoms with Crippen LogP contribution in [0.4, 0.5) is 0 Å². The predicted molar refractivity (Wildman–Crippen MR) is 65.1 cm³/mol. The second-order valence-electron chi connectivity index (χ2n) is 3.46. The summed E-state index contributed by atoms with van der Waals surface area (Å²) in [7, 11) is 0. The van der Waals surface area contributed by atoms with Gasteiger partial charge in [0.25, 0.3) is 0 Å². The van der Waals surface area contributed by atoms with Crippen LogP contribution in [-0.4, -0.2) is 33.1 Å². The molecule has 16 heavy (non-hydrogen) atoms. The normalized spacial score (nSPS) is 10.8. The average Bonchev–Trinajstić information content (AvgIpc) is 2.67. The van der Waals surface area contributed by atoms with E-state index in [1.54, 1.807) is 30.0 Å². The van der Waals surface area contributed by atoms with Gasteiger partial charge in [-0.1, -0.05) is 0 Å². The number of thioether (sulfide) groups is 1. The number of carboxylic acid groups (broad SMARTS) is 1. The Kier molecular flexibility index (Phi) is 3.14. The van der Waals surface area contributed by atoms with E-state index in [1.165, 1.54) is 0 Å². The zero-order chi connectivity index (χ0) is 11.5. The Labute approximate surface area is 97.1 Å². The molecule has 0 unspecified atom stereocenters. The van der Waals surface area contributed by atoms with E-state index < -0.39 is 5.97 Å². The number of aromatic carboxylic acids is 1. The maximum atomic E-state index is 10.8. The van der Waals surface area contributed by atoms with Crippen molar-refractivity contribution in [2.24, 2.45) is 0 Å². The molecule has 0 spiro atoms. The van der Waals surface area contributed by atoms with Gasteiger partial charge in [0, 0.05) is 12.2 Å². The van der Waals surface area contributed by atoms with Crippen LogP contribution in [0.5, 0.6) is 0 Å². The van der Waals surface area contributed by atoms with Crippen molar-refractivity contribution in [2.75, 3.05) is 12.0 Å². The van der Waals surface area contributed by atoms with Gasteiger partial charge in [-0.25, -0.2) is 9.78 Å². The number of H-pyrrole nitrogens is 1. The number of aryl methyl sites for hydroxylation is 1. The highest BCUT2D eigenvalue weighted by Gasteiger charge is 2.07. The summed E-state index contributed by atoms with van der Waals surface area (Å²) in [6.07, 6.45) is 2.92. The predicted octanol–water partition coefficient (Wildman–Crippen LogP) is 2.17. The highest BCUT2D eigenvalue weighted by atomic mass is 32.2. The zero-order valence-corrected chi connectivity index (χ0v) is 9.67. The van der Waals surface area contributed by atoms with Crippen LogP contribution in [0.2, 0.25) is 0 Å². The number of rotatable bonds is 4. The molecule has 4 nitrogen and oxygen atoms in total. The standard InChI is InChI=1S/C11H12N2O2S/c1-16-5-4-10-12-8-3-2-7(11(14)15)6-9(8)13-10/h2-3,6H,4-5H2,1H3,(H,12,13)(H,14,15). The monoisotopic (exact) mass is 236 g/mol. The number of nitrogens with one attached hydrogen (secondary N) is 1. The number of hydrogen-bond donors (Lipinski definition) is 2. The summed E-state index contributed by atoms with van der Waals surface area (Å²) in [5, 5.41) is 8.85. The van der Waals surface area contributed by atoms with E-state index in [2.05, 4.69) is 9.97 Å². The van der Waals surface area contributed by atoms with Crippen molar-refractivity contribution in [3.63, 3.8) is 0 Å². The highest BCUT2D eigenvalue weighted by Crippen LogP contribution is 2.14. The van der Waals surface area contributed by atoms with Crippen LogP contribution in [0.1, 0.15) is 16.2 Å². The van der Waals surface area contributed by atoms with Crippen molar-refractivity contribution in [3.05, 3.63) is 29.6 Å². The first-order valence-electron chi connectivity index (χ1n) is 4.91. The number of nitrogens with zero attached hydrogens (tertiary/aromatic N) is 1. The Morgan fingerprint density at radius 2 is 2.38 bits per heavy atom. The summed E-state index contributed by atoms with van der Waals surface area (Å²) in [6, 6.07) is 4.93. The Balaban J connectivity index is 2.34. The molecule has 0 aliphatic rings. The van der Waals surface area contributed by atoms with Crippen molar-refractivity contribution in [2.45, 2.75) is 6.42 Å². The minimum atomic E-state index is -0.915. The number of carboxylic acids is 1. The number of aromatic amines is 1. The molecule has 2 rings (SSSR count). The van der Waals surface area contributed by atoms with Crippen LogP contribution in [0, 0.1) is 0 Å². The summed E-state index contributed by atoms with van der Waals surface area (Å²) >= 11 is 1.76. The van der Waals surface area contributed by atoms with Gasteiger partial charge in [-0.15, -0.1) is 0 Å². The molecule has 0 saturated heterocycles. The van der Waals surface area contributed by atoms with Gasteiger partial charge in [0.1, 0.15) is 5.82 Å². The average molecular weight is 236 g/mol. The largest absolute Gasteiger partial charge is 0.478 e. The lowest BCUT2D eigenvalue weighted by Crippen LogP contribution is -1.94. The summed E-state index contributed by atoms with van der Waals surface area (Å²) in [4.78, 5) is 18.3. The smallest absolute Gasteiger partial charge is 0.335 e. The van der Waals surface area contributed by atoms with Gasteiger partial charge >= 0.3 is 5.97 Å². The molecule has 84 valence electrons. The molecule has 0 fully saturated rings. The molecule has 5 heteroatoms. The Morgan fingerprint density at radius 1 is 1.56 bits per heavy atom. The van der Waals surface area contributed by atoms with Gasteiger partial charge in [0.2, 0.25) is 0 Å². The van der Waals surface area contributed by atoms with E-state index >= 15 is 0 Å². The minimum Gasteiger partial charge on any atom is -0.478 e. The van der Waals surface area contributed by atoms with E-state index in [1.807, 2.05) is 6.26 Å². The minimum absolute atomic E-state index is 0.285. The van der Waals surface area contributed by atoms with E-state index in [0.717, 1.165) is 29.0 Å². The quantitative estimate of drug-likeness (QED) is 0.853. The Hall–Kier alpha value is -1.49. The Bertz CT molecular complexity index is 522. The van der Waals surface area contributed by atoms with Crippen LogP contribution in [0.15, 0.2) is 18.2 Å². The lowest BCUT2D eigenvalue weighted by molar-refractivity contribution is 0.0697. The second kappa shape index (κ2) is 4.57. The van der Waals surface area contributed by atoms with Crippen LogP contribution in [0.3, 0.4) is 0 Å². The molecule has 1 heterocycles. The fraction of sp³-hybridized carbons (Fsp3) is 0.273. The molecule has 2 aromatic rings. The zero-order valence-electron chi connectivity index (χ0n) is 8.86. The van der Waals surface area contributed by atoms with Crippen molar-refractivity contribution < 1.29 is 9.90 Å². The molecule has 0 radical (unpaired) electrons. The number of imidazole rings is 1. The van der Waals surface area contributed by atoms with Gasteiger partial charge in [0.05, 0.1) is 16.6 Å². The molecular weight excluding hydrogens is 224 g/mol. The fourth-order valence-electron chi connectivity index (χ4n) is 1.51. The first-order chi connectivity index (χ1) is 7.70. The van der Waals surface area contributed by atoms with Crippen LogP contribution < -0.4 is 0 Å². The molecule has 1 aromatic heterocycles. The number of carbonyl (C=O) groups is 1. The Morgan fingerprint density at radius 3 is 3.06 bits per heavy atom. The van der Waals surface area contributed by atoms with Crippen LogP contribution >= 0.6 is 11.8 Å². The number of aromatic nitrogens is 2. The van der Waals surface area contributed by atoms with Gasteiger partial charge in [-0.2, -0.15) is 11.8 Å². The lowest BCUT2D eigenvalue weighted by Gasteiger charge is -1.92. The first-order valence-corrected chi connectivity index (χ1v) is 6.31. The maximum Gasteiger partial charge on any atom is 0.335 e. The van der Waals surface area contributed by atoms with Crippen molar-refractivity contribution in [1.82, 2.24) is 9.97 Å². The summed E-state index contributed by atoms with van der Waals surface area (Å²) < 4.78 is 0. The molecule has 0 amide bonds. The first kappa shape index (κ1) is 11.0. The third kappa shape index (κ3) is 2.19. The molecule has 2 N–H and O–H groups in total. The van der Waals surface area contributed by atoms with E-state index in [0.29, 0.717) is 0 Å². The number of fused-ring (bicyclic) bond motifs is 1. The maximum absolute atomic E-state index is 10.8.